The topological polar surface area (TPSA) is 95.5 Å². The summed E-state index contributed by atoms with van der Waals surface area (Å²) in [4.78, 5) is 6.46. The number of thioether (sulfide) groups is 1. The molecule has 1 aliphatic heterocycles. The molecule has 1 fully saturated rings. The predicted molar refractivity (Wildman–Crippen MR) is 123 cm³/mol. The second-order valence-electron chi connectivity index (χ2n) is 7.83. The van der Waals surface area contributed by atoms with E-state index in [1.54, 1.807) is 18.9 Å². The molecule has 172 valence electrons. The van der Waals surface area contributed by atoms with E-state index in [9.17, 15) is 5.11 Å². The molecule has 1 aromatic heterocycles. The first-order valence-corrected chi connectivity index (χ1v) is 12.1. The fourth-order valence-corrected chi connectivity index (χ4v) is 4.37. The van der Waals surface area contributed by atoms with Gasteiger partial charge in [-0.2, -0.15) is 5.10 Å². The number of benzene rings is 1. The highest BCUT2D eigenvalue weighted by atomic mass is 32.2. The predicted octanol–water partition coefficient (Wildman–Crippen LogP) is 2.70. The number of aromatic nitrogens is 3. The highest BCUT2D eigenvalue weighted by Gasteiger charge is 2.15. The van der Waals surface area contributed by atoms with Gasteiger partial charge in [-0.05, 0) is 43.6 Å². The van der Waals surface area contributed by atoms with Crippen LogP contribution in [0.2, 0.25) is 0 Å². The van der Waals surface area contributed by atoms with E-state index in [1.165, 1.54) is 38.4 Å². The maximum atomic E-state index is 10.5. The van der Waals surface area contributed by atoms with Crippen LogP contribution in [-0.4, -0.2) is 76.9 Å². The standard InChI is InChI=1S/C22H35N5O3S/c1-29-20-8-7-18(14-23-9-12-31-22-24-17-25-26-22)13-21(20)30-16-19(28)15-27-10-5-3-2-4-6-11-27/h7-8,13,17,19,23,28H,2-6,9-12,14-16H2,1H3,(H,24,25,26). The number of hydrogen-bond donors (Lipinski definition) is 3. The number of rotatable bonds is 12. The number of β-amino-alcohol motifs (C(OH)–C–C–N with tert-alkyl or cyclic N) is 1. The third-order valence-corrected chi connectivity index (χ3v) is 6.19. The molecule has 1 unspecified atom stereocenters. The van der Waals surface area contributed by atoms with E-state index in [0.29, 0.717) is 18.0 Å². The van der Waals surface area contributed by atoms with E-state index in [-0.39, 0.29) is 6.61 Å². The first-order chi connectivity index (χ1) is 15.2. The van der Waals surface area contributed by atoms with Gasteiger partial charge in [0, 0.05) is 25.4 Å². The van der Waals surface area contributed by atoms with E-state index in [0.717, 1.165) is 42.7 Å². The number of H-pyrrole nitrogens is 1. The number of nitrogens with one attached hydrogen (secondary N) is 2. The van der Waals surface area contributed by atoms with E-state index >= 15 is 0 Å². The lowest BCUT2D eigenvalue weighted by Crippen LogP contribution is -2.37. The number of aliphatic hydroxyl groups excluding tert-OH is 1. The molecule has 8 nitrogen and oxygen atoms in total. The molecule has 2 aromatic rings. The average molecular weight is 450 g/mol. The SMILES string of the molecule is COc1ccc(CNCCSc2ncn[nH]2)cc1OCC(O)CN1CCCCCCC1. The average Bonchev–Trinajstić information content (AvgIpc) is 3.27. The molecule has 1 aromatic carbocycles. The number of hydrogen-bond acceptors (Lipinski definition) is 8. The molecule has 0 amide bonds. The lowest BCUT2D eigenvalue weighted by molar-refractivity contribution is 0.0644. The van der Waals surface area contributed by atoms with Crippen LogP contribution in [-0.2, 0) is 6.54 Å². The minimum absolute atomic E-state index is 0.261. The van der Waals surface area contributed by atoms with Crippen LogP contribution in [0.4, 0.5) is 0 Å². The highest BCUT2D eigenvalue weighted by molar-refractivity contribution is 7.99. The van der Waals surface area contributed by atoms with Crippen LogP contribution in [0.5, 0.6) is 11.5 Å². The minimum atomic E-state index is -0.515. The number of methoxy groups -OCH3 is 1. The normalized spacial score (nSPS) is 16.5. The van der Waals surface area contributed by atoms with Gasteiger partial charge in [-0.1, -0.05) is 37.1 Å². The maximum Gasteiger partial charge on any atom is 0.183 e. The van der Waals surface area contributed by atoms with Crippen LogP contribution >= 0.6 is 11.8 Å². The molecular formula is C22H35N5O3S. The van der Waals surface area contributed by atoms with Crippen molar-refractivity contribution in [2.75, 3.05) is 45.6 Å². The van der Waals surface area contributed by atoms with Crippen molar-refractivity contribution in [2.45, 2.75) is 49.9 Å². The van der Waals surface area contributed by atoms with Crippen molar-refractivity contribution in [2.24, 2.45) is 0 Å². The Morgan fingerprint density at radius 2 is 2.00 bits per heavy atom. The first kappa shape index (κ1) is 23.8. The van der Waals surface area contributed by atoms with Gasteiger partial charge in [-0.25, -0.2) is 4.98 Å². The quantitative estimate of drug-likeness (QED) is 0.336. The van der Waals surface area contributed by atoms with E-state index in [1.807, 2.05) is 18.2 Å². The molecule has 1 aliphatic rings. The van der Waals surface area contributed by atoms with Crippen molar-refractivity contribution in [1.82, 2.24) is 25.4 Å². The van der Waals surface area contributed by atoms with Gasteiger partial charge in [0.15, 0.2) is 16.7 Å². The molecule has 9 heteroatoms. The molecule has 3 rings (SSSR count). The van der Waals surface area contributed by atoms with E-state index in [4.69, 9.17) is 9.47 Å². The Bertz CT molecular complexity index is 739. The van der Waals surface area contributed by atoms with Gasteiger partial charge in [-0.3, -0.25) is 5.10 Å². The molecule has 0 saturated carbocycles. The third kappa shape index (κ3) is 8.68. The van der Waals surface area contributed by atoms with Crippen molar-refractivity contribution < 1.29 is 14.6 Å². The van der Waals surface area contributed by atoms with E-state index in [2.05, 4.69) is 25.4 Å². The van der Waals surface area contributed by atoms with Crippen molar-refractivity contribution in [3.05, 3.63) is 30.1 Å². The third-order valence-electron chi connectivity index (χ3n) is 5.32. The van der Waals surface area contributed by atoms with Crippen LogP contribution in [0.15, 0.2) is 29.7 Å². The molecule has 3 N–H and O–H groups in total. The zero-order valence-electron chi connectivity index (χ0n) is 18.4. The second kappa shape index (κ2) is 13.6. The number of aliphatic hydroxyl groups is 1. The Balaban J connectivity index is 1.42. The van der Waals surface area contributed by atoms with Crippen LogP contribution in [0.1, 0.15) is 37.7 Å². The summed E-state index contributed by atoms with van der Waals surface area (Å²) in [6.45, 7) is 4.63. The lowest BCUT2D eigenvalue weighted by Gasteiger charge is -2.26. The molecule has 2 heterocycles. The van der Waals surface area contributed by atoms with E-state index < -0.39 is 6.10 Å². The summed E-state index contributed by atoms with van der Waals surface area (Å²) in [5, 5.41) is 21.4. The van der Waals surface area contributed by atoms with Gasteiger partial charge in [0.2, 0.25) is 0 Å². The maximum absolute atomic E-state index is 10.5. The number of aromatic amines is 1. The Morgan fingerprint density at radius 1 is 1.19 bits per heavy atom. The summed E-state index contributed by atoms with van der Waals surface area (Å²) in [5.41, 5.74) is 1.11. The Hall–Kier alpha value is -1.81. The first-order valence-electron chi connectivity index (χ1n) is 11.1. The Labute approximate surface area is 189 Å². The van der Waals surface area contributed by atoms with Crippen molar-refractivity contribution >= 4 is 11.8 Å². The van der Waals surface area contributed by atoms with Crippen LogP contribution in [0, 0.1) is 0 Å². The summed E-state index contributed by atoms with van der Waals surface area (Å²) in [6.07, 6.45) is 7.35. The molecular weight excluding hydrogens is 414 g/mol. The van der Waals surface area contributed by atoms with Gasteiger partial charge in [0.1, 0.15) is 19.0 Å². The van der Waals surface area contributed by atoms with Crippen LogP contribution in [0.25, 0.3) is 0 Å². The zero-order chi connectivity index (χ0) is 21.7. The summed E-state index contributed by atoms with van der Waals surface area (Å²) in [7, 11) is 1.64. The zero-order valence-corrected chi connectivity index (χ0v) is 19.2. The Morgan fingerprint density at radius 3 is 2.74 bits per heavy atom. The molecule has 31 heavy (non-hydrogen) atoms. The highest BCUT2D eigenvalue weighted by Crippen LogP contribution is 2.28. The van der Waals surface area contributed by atoms with Crippen LogP contribution < -0.4 is 14.8 Å². The molecule has 0 aliphatic carbocycles. The molecule has 0 bridgehead atoms. The van der Waals surface area contributed by atoms with Crippen molar-refractivity contribution in [1.29, 1.82) is 0 Å². The lowest BCUT2D eigenvalue weighted by atomic mass is 10.1. The summed E-state index contributed by atoms with van der Waals surface area (Å²) in [5.74, 6) is 2.25. The summed E-state index contributed by atoms with van der Waals surface area (Å²) >= 11 is 1.63. The van der Waals surface area contributed by atoms with Gasteiger partial charge in [0.25, 0.3) is 0 Å². The van der Waals surface area contributed by atoms with Gasteiger partial charge < -0.3 is 24.8 Å². The van der Waals surface area contributed by atoms with Gasteiger partial charge >= 0.3 is 0 Å². The van der Waals surface area contributed by atoms with Crippen LogP contribution in [0.3, 0.4) is 0 Å². The monoisotopic (exact) mass is 449 g/mol. The smallest absolute Gasteiger partial charge is 0.183 e. The molecule has 1 saturated heterocycles. The fraction of sp³-hybridized carbons (Fsp3) is 0.636. The number of likely N-dealkylation sites (tertiary alicyclic amines) is 1. The second-order valence-corrected chi connectivity index (χ2v) is 8.92. The van der Waals surface area contributed by atoms with Gasteiger partial charge in [0.05, 0.1) is 7.11 Å². The molecule has 0 spiro atoms. The molecule has 0 radical (unpaired) electrons. The Kier molecular flexibility index (Phi) is 10.4. The minimum Gasteiger partial charge on any atom is -0.493 e. The largest absolute Gasteiger partial charge is 0.493 e. The fourth-order valence-electron chi connectivity index (χ4n) is 3.69. The van der Waals surface area contributed by atoms with Crippen molar-refractivity contribution in [3.63, 3.8) is 0 Å². The summed E-state index contributed by atoms with van der Waals surface area (Å²) < 4.78 is 11.4. The van der Waals surface area contributed by atoms with Crippen molar-refractivity contribution in [3.8, 4) is 11.5 Å². The summed E-state index contributed by atoms with van der Waals surface area (Å²) in [6, 6.07) is 5.93. The number of nitrogens with zero attached hydrogens (tertiary/aromatic N) is 3. The van der Waals surface area contributed by atoms with Gasteiger partial charge in [-0.15, -0.1) is 0 Å². The molecule has 1 atom stereocenters. The number of ether oxygens (including phenoxy) is 2.